The molecule has 0 aromatic carbocycles. The highest BCUT2D eigenvalue weighted by atomic mass is 16.3. The maximum Gasteiger partial charge on any atom is 0.163 e. The summed E-state index contributed by atoms with van der Waals surface area (Å²) < 4.78 is 1.45. The maximum absolute atomic E-state index is 13.8. The lowest BCUT2D eigenvalue weighted by Gasteiger charge is -2.57. The van der Waals surface area contributed by atoms with Crippen LogP contribution < -0.4 is 0 Å². The first kappa shape index (κ1) is 23.2. The van der Waals surface area contributed by atoms with Crippen LogP contribution in [0.3, 0.4) is 0 Å². The van der Waals surface area contributed by atoms with Crippen molar-refractivity contribution in [2.45, 2.75) is 90.2 Å². The van der Waals surface area contributed by atoms with Crippen LogP contribution in [0.4, 0.5) is 0 Å². The second kappa shape index (κ2) is 8.17. The van der Waals surface area contributed by atoms with E-state index in [1.807, 2.05) is 13.0 Å². The predicted molar refractivity (Wildman–Crippen MR) is 129 cm³/mol. The molecule has 9 atom stereocenters. The van der Waals surface area contributed by atoms with Crippen LogP contribution in [0, 0.1) is 75.4 Å². The van der Waals surface area contributed by atoms with Gasteiger partial charge in [0.25, 0.3) is 0 Å². The first-order chi connectivity index (χ1) is 16.7. The largest absolute Gasteiger partial charge is 0.390 e. The minimum atomic E-state index is -0.487. The van der Waals surface area contributed by atoms with Gasteiger partial charge in [0.1, 0.15) is 24.4 Å². The highest BCUT2D eigenvalue weighted by Gasteiger charge is 2.63. The Labute approximate surface area is 208 Å². The van der Waals surface area contributed by atoms with Crippen molar-refractivity contribution in [1.82, 2.24) is 9.78 Å². The van der Waals surface area contributed by atoms with Gasteiger partial charge in [-0.2, -0.15) is 15.6 Å². The molecule has 1 N–H and O–H groups in total. The predicted octanol–water partition coefficient (Wildman–Crippen LogP) is 4.85. The standard InChI is InChI=1S/C29H38N4O2/c1-28(35)9-7-21-18(13-28)5-6-23-22(21)8-10-29(2)25(12-24(27(23)29)17-3-4-17)26(34)16-33-20(15-31)11-19(14-30)32-33/h11,17-18,21-25,27,35H,3-10,12-13,16H2,1-2H3/t18-,21+,22-,23-,24?,25-,27-,28-,29-/m1/s1. The highest BCUT2D eigenvalue weighted by molar-refractivity contribution is 5.82. The third-order valence-corrected chi connectivity index (χ3v) is 11.2. The number of ketones is 1. The average Bonchev–Trinajstić information content (AvgIpc) is 3.51. The Bertz CT molecular complexity index is 1100. The number of aliphatic hydroxyl groups is 1. The molecule has 0 saturated heterocycles. The van der Waals surface area contributed by atoms with Crippen LogP contribution in [0.15, 0.2) is 6.07 Å². The topological polar surface area (TPSA) is 103 Å². The first-order valence-electron chi connectivity index (χ1n) is 13.9. The van der Waals surface area contributed by atoms with Gasteiger partial charge in [-0.3, -0.25) is 4.79 Å². The number of rotatable bonds is 4. The van der Waals surface area contributed by atoms with E-state index in [4.69, 9.17) is 0 Å². The lowest BCUT2D eigenvalue weighted by Crippen LogP contribution is -2.52. The Morgan fingerprint density at radius 2 is 1.77 bits per heavy atom. The number of Topliss-reactive ketones (excluding diaryl/α,β-unsaturated/α-hetero) is 1. The Hall–Kier alpha value is -2.18. The summed E-state index contributed by atoms with van der Waals surface area (Å²) in [6.07, 6.45) is 11.5. The minimum Gasteiger partial charge on any atom is -0.390 e. The van der Waals surface area contributed by atoms with Crippen LogP contribution >= 0.6 is 0 Å². The molecule has 6 heteroatoms. The normalized spacial score (nSPS) is 44.4. The lowest BCUT2D eigenvalue weighted by molar-refractivity contribution is -0.134. The van der Waals surface area contributed by atoms with Crippen LogP contribution in [-0.2, 0) is 11.3 Å². The fraction of sp³-hybridized carbons (Fsp3) is 0.793. The zero-order valence-electron chi connectivity index (χ0n) is 21.1. The fourth-order valence-corrected chi connectivity index (χ4v) is 9.71. The molecular weight excluding hydrogens is 436 g/mol. The van der Waals surface area contributed by atoms with E-state index in [1.54, 1.807) is 0 Å². The second-order valence-electron chi connectivity index (χ2n) is 13.2. The molecule has 1 aromatic heterocycles. The molecular formula is C29H38N4O2. The summed E-state index contributed by atoms with van der Waals surface area (Å²) in [5.41, 5.74) is 0.0305. The monoisotopic (exact) mass is 474 g/mol. The zero-order chi connectivity index (χ0) is 24.5. The van der Waals surface area contributed by atoms with E-state index in [9.17, 15) is 20.4 Å². The van der Waals surface area contributed by atoms with Gasteiger partial charge in [0.05, 0.1) is 5.60 Å². The van der Waals surface area contributed by atoms with Crippen LogP contribution in [0.2, 0.25) is 0 Å². The van der Waals surface area contributed by atoms with E-state index in [0.29, 0.717) is 29.4 Å². The molecule has 5 saturated carbocycles. The molecule has 6 rings (SSSR count). The molecule has 0 spiro atoms. The number of carbonyl (C=O) groups is 1. The minimum absolute atomic E-state index is 0.0186. The van der Waals surface area contributed by atoms with Gasteiger partial charge in [0, 0.05) is 12.0 Å². The van der Waals surface area contributed by atoms with Crippen molar-refractivity contribution in [3.05, 3.63) is 17.5 Å². The molecule has 35 heavy (non-hydrogen) atoms. The summed E-state index contributed by atoms with van der Waals surface area (Å²) in [6, 6.07) is 5.57. The van der Waals surface area contributed by atoms with Gasteiger partial charge in [-0.05, 0) is 118 Å². The van der Waals surface area contributed by atoms with E-state index in [0.717, 1.165) is 49.9 Å². The fourth-order valence-electron chi connectivity index (χ4n) is 9.71. The molecule has 0 amide bonds. The second-order valence-corrected chi connectivity index (χ2v) is 13.2. The number of aromatic nitrogens is 2. The number of nitriles is 2. The van der Waals surface area contributed by atoms with Gasteiger partial charge in [-0.15, -0.1) is 0 Å². The van der Waals surface area contributed by atoms with Crippen molar-refractivity contribution < 1.29 is 9.90 Å². The summed E-state index contributed by atoms with van der Waals surface area (Å²) in [5, 5.41) is 33.6. The van der Waals surface area contributed by atoms with Gasteiger partial charge in [-0.25, -0.2) is 4.68 Å². The van der Waals surface area contributed by atoms with Crippen LogP contribution in [0.1, 0.15) is 89.4 Å². The molecule has 5 aliphatic carbocycles. The SMILES string of the molecule is C[C@@]1(O)CC[C@H]2[C@H](CC[C@@H]3[C@@H]2CC[C@]2(C)[C@@H](C(=O)Cn4nc(C#N)cc4C#N)CC(C4CC4)[C@@H]32)C1. The third-order valence-electron chi connectivity index (χ3n) is 11.2. The third kappa shape index (κ3) is 3.75. The van der Waals surface area contributed by atoms with Crippen molar-refractivity contribution in [2.75, 3.05) is 0 Å². The number of hydrogen-bond donors (Lipinski definition) is 1. The van der Waals surface area contributed by atoms with E-state index in [-0.39, 0.29) is 29.4 Å². The molecule has 6 nitrogen and oxygen atoms in total. The maximum atomic E-state index is 13.8. The van der Waals surface area contributed by atoms with E-state index in [2.05, 4.69) is 18.1 Å². The lowest BCUT2D eigenvalue weighted by atomic mass is 9.48. The molecule has 5 aliphatic rings. The summed E-state index contributed by atoms with van der Waals surface area (Å²) >= 11 is 0. The zero-order valence-corrected chi connectivity index (χ0v) is 21.1. The Morgan fingerprint density at radius 1 is 1.03 bits per heavy atom. The molecule has 1 aromatic rings. The van der Waals surface area contributed by atoms with Gasteiger partial charge in [0.2, 0.25) is 0 Å². The van der Waals surface area contributed by atoms with Crippen LogP contribution in [0.25, 0.3) is 0 Å². The number of fused-ring (bicyclic) bond motifs is 5. The summed E-state index contributed by atoms with van der Waals surface area (Å²) in [7, 11) is 0. The smallest absolute Gasteiger partial charge is 0.163 e. The van der Waals surface area contributed by atoms with Gasteiger partial charge in [-0.1, -0.05) is 6.92 Å². The summed E-state index contributed by atoms with van der Waals surface area (Å²) in [4.78, 5) is 13.8. The highest BCUT2D eigenvalue weighted by Crippen LogP contribution is 2.69. The number of carbonyl (C=O) groups excluding carboxylic acids is 1. The van der Waals surface area contributed by atoms with Crippen LogP contribution in [-0.4, -0.2) is 26.3 Å². The molecule has 1 unspecified atom stereocenters. The summed E-state index contributed by atoms with van der Waals surface area (Å²) in [6.45, 7) is 4.54. The van der Waals surface area contributed by atoms with Gasteiger partial charge >= 0.3 is 0 Å². The van der Waals surface area contributed by atoms with Crippen molar-refractivity contribution >= 4 is 5.78 Å². The molecule has 0 radical (unpaired) electrons. The average molecular weight is 475 g/mol. The molecule has 186 valence electrons. The first-order valence-corrected chi connectivity index (χ1v) is 13.9. The number of nitrogens with zero attached hydrogens (tertiary/aromatic N) is 4. The van der Waals surface area contributed by atoms with Crippen molar-refractivity contribution in [3.8, 4) is 12.1 Å². The van der Waals surface area contributed by atoms with E-state index < -0.39 is 5.60 Å². The van der Waals surface area contributed by atoms with Crippen molar-refractivity contribution in [1.29, 1.82) is 10.5 Å². The van der Waals surface area contributed by atoms with Gasteiger partial charge < -0.3 is 5.11 Å². The number of hydrogen-bond acceptors (Lipinski definition) is 5. The quantitative estimate of drug-likeness (QED) is 0.672. The molecule has 1 heterocycles. The Balaban J connectivity index is 1.27. The Morgan fingerprint density at radius 3 is 2.49 bits per heavy atom. The molecule has 0 bridgehead atoms. The molecule has 5 fully saturated rings. The Kier molecular flexibility index (Phi) is 5.42. The van der Waals surface area contributed by atoms with Gasteiger partial charge in [0.15, 0.2) is 11.5 Å². The van der Waals surface area contributed by atoms with E-state index in [1.165, 1.54) is 42.9 Å². The van der Waals surface area contributed by atoms with E-state index >= 15 is 0 Å². The van der Waals surface area contributed by atoms with Crippen LogP contribution in [0.5, 0.6) is 0 Å². The molecule has 0 aliphatic heterocycles. The summed E-state index contributed by atoms with van der Waals surface area (Å²) in [5.74, 6) is 5.15. The van der Waals surface area contributed by atoms with Crippen molar-refractivity contribution in [2.24, 2.45) is 52.8 Å². The van der Waals surface area contributed by atoms with Crippen molar-refractivity contribution in [3.63, 3.8) is 0 Å².